The lowest BCUT2D eigenvalue weighted by molar-refractivity contribution is -0.383. The van der Waals surface area contributed by atoms with Gasteiger partial charge in [-0.25, -0.2) is 0 Å². The topological polar surface area (TPSA) is 110 Å². The van der Waals surface area contributed by atoms with Crippen LogP contribution < -0.4 is 10.6 Å². The summed E-state index contributed by atoms with van der Waals surface area (Å²) < 4.78 is 0.671. The van der Waals surface area contributed by atoms with Crippen molar-refractivity contribution in [1.82, 2.24) is 10.2 Å². The number of rotatable bonds is 9. The van der Waals surface area contributed by atoms with Gasteiger partial charge in [-0.2, -0.15) is 0 Å². The van der Waals surface area contributed by atoms with Crippen molar-refractivity contribution in [2.45, 2.75) is 36.3 Å². The Balaban J connectivity index is 1.93. The van der Waals surface area contributed by atoms with Crippen molar-refractivity contribution < 1.29 is 9.72 Å². The van der Waals surface area contributed by atoms with Crippen molar-refractivity contribution in [3.63, 3.8) is 0 Å². The molecule has 0 aliphatic heterocycles. The Labute approximate surface area is 153 Å². The number of nitrogens with one attached hydrogen (secondary N) is 2. The molecule has 1 atom stereocenters. The van der Waals surface area contributed by atoms with E-state index in [2.05, 4.69) is 27.8 Å². The van der Waals surface area contributed by atoms with Gasteiger partial charge in [-0.3, -0.25) is 14.9 Å². The Bertz CT molecular complexity index is 737. The zero-order valence-electron chi connectivity index (χ0n) is 13.9. The molecule has 1 unspecified atom stereocenters. The third-order valence-corrected chi connectivity index (χ3v) is 5.28. The predicted molar refractivity (Wildman–Crippen MR) is 100 cm³/mol. The number of nitro groups is 1. The molecule has 134 valence electrons. The fourth-order valence-electron chi connectivity index (χ4n) is 1.88. The summed E-state index contributed by atoms with van der Waals surface area (Å²) in [6.45, 7) is 4.67. The number of amides is 1. The molecule has 0 saturated heterocycles. The van der Waals surface area contributed by atoms with E-state index in [0.717, 1.165) is 24.5 Å². The fourth-order valence-corrected chi connectivity index (χ4v) is 3.80. The molecule has 0 aliphatic rings. The van der Waals surface area contributed by atoms with E-state index < -0.39 is 10.2 Å². The van der Waals surface area contributed by atoms with Gasteiger partial charge in [0.2, 0.25) is 11.0 Å². The molecule has 0 bridgehead atoms. The first kappa shape index (κ1) is 19.1. The van der Waals surface area contributed by atoms with E-state index in [1.807, 2.05) is 0 Å². The summed E-state index contributed by atoms with van der Waals surface area (Å²) in [5.74, 6) is -0.324. The number of anilines is 2. The summed E-state index contributed by atoms with van der Waals surface area (Å²) in [4.78, 5) is 22.8. The number of hydrogen-bond donors (Lipinski definition) is 2. The van der Waals surface area contributed by atoms with Crippen LogP contribution in [-0.2, 0) is 4.79 Å². The molecule has 2 N–H and O–H groups in total. The van der Waals surface area contributed by atoms with Crippen LogP contribution in [0.4, 0.5) is 16.5 Å². The Morgan fingerprint density at radius 3 is 2.88 bits per heavy atom. The van der Waals surface area contributed by atoms with Crippen molar-refractivity contribution in [2.24, 2.45) is 0 Å². The number of hydrogen-bond acceptors (Lipinski definition) is 8. The minimum Gasteiger partial charge on any atom is -0.360 e. The lowest BCUT2D eigenvalue weighted by atomic mass is 10.2. The zero-order chi connectivity index (χ0) is 18.2. The largest absolute Gasteiger partial charge is 0.360 e. The lowest BCUT2D eigenvalue weighted by Gasteiger charge is -2.10. The monoisotopic (exact) mass is 381 g/mol. The molecule has 2 rings (SSSR count). The van der Waals surface area contributed by atoms with Gasteiger partial charge in [-0.15, -0.1) is 10.2 Å². The zero-order valence-corrected chi connectivity index (χ0v) is 15.5. The molecule has 1 aromatic heterocycles. The fraction of sp³-hybridized carbons (Fsp3) is 0.400. The molecular weight excluding hydrogens is 362 g/mol. The summed E-state index contributed by atoms with van der Waals surface area (Å²) in [7, 11) is 0. The average Bonchev–Trinajstić information content (AvgIpc) is 3.02. The van der Waals surface area contributed by atoms with E-state index in [0.29, 0.717) is 4.34 Å². The Kier molecular flexibility index (Phi) is 7.14. The van der Waals surface area contributed by atoms with E-state index in [9.17, 15) is 14.9 Å². The summed E-state index contributed by atoms with van der Waals surface area (Å²) in [5.41, 5.74) is 0.0514. The van der Waals surface area contributed by atoms with Crippen LogP contribution in [-0.4, -0.2) is 32.8 Å². The van der Waals surface area contributed by atoms with Gasteiger partial charge in [-0.1, -0.05) is 48.6 Å². The maximum atomic E-state index is 12.3. The summed E-state index contributed by atoms with van der Waals surface area (Å²) in [5, 5.41) is 25.1. The van der Waals surface area contributed by atoms with E-state index in [1.54, 1.807) is 19.1 Å². The molecule has 10 heteroatoms. The number of nitro benzene ring substituents is 1. The quantitative estimate of drug-likeness (QED) is 0.294. The third kappa shape index (κ3) is 5.68. The van der Waals surface area contributed by atoms with Gasteiger partial charge in [0.1, 0.15) is 5.69 Å². The molecule has 0 saturated carbocycles. The van der Waals surface area contributed by atoms with Crippen LogP contribution >= 0.6 is 23.1 Å². The van der Waals surface area contributed by atoms with Crippen LogP contribution in [0.25, 0.3) is 0 Å². The molecule has 0 radical (unpaired) electrons. The van der Waals surface area contributed by atoms with Crippen LogP contribution in [0.5, 0.6) is 0 Å². The smallest absolute Gasteiger partial charge is 0.292 e. The van der Waals surface area contributed by atoms with Gasteiger partial charge in [0.25, 0.3) is 5.69 Å². The number of carbonyl (C=O) groups is 1. The van der Waals surface area contributed by atoms with Crippen molar-refractivity contribution in [1.29, 1.82) is 0 Å². The van der Waals surface area contributed by atoms with E-state index in [4.69, 9.17) is 0 Å². The first-order chi connectivity index (χ1) is 12.0. The predicted octanol–water partition coefficient (Wildman–Crippen LogP) is 3.78. The van der Waals surface area contributed by atoms with Gasteiger partial charge < -0.3 is 10.6 Å². The van der Waals surface area contributed by atoms with Gasteiger partial charge in [0, 0.05) is 12.6 Å². The highest BCUT2D eigenvalue weighted by molar-refractivity contribution is 8.02. The number of unbranched alkanes of at least 4 members (excludes halogenated alkanes) is 1. The average molecular weight is 381 g/mol. The van der Waals surface area contributed by atoms with E-state index in [-0.39, 0.29) is 17.3 Å². The highest BCUT2D eigenvalue weighted by Gasteiger charge is 2.21. The maximum absolute atomic E-state index is 12.3. The first-order valence-corrected chi connectivity index (χ1v) is 9.49. The maximum Gasteiger partial charge on any atom is 0.292 e. The van der Waals surface area contributed by atoms with Crippen molar-refractivity contribution >= 4 is 45.5 Å². The standard InChI is InChI=1S/C15H19N5O3S2/c1-3-4-9-16-14-18-19-15(25-14)24-10(2)13(21)17-11-7-5-6-8-12(11)20(22)23/h5-8,10H,3-4,9H2,1-2H3,(H,16,18)(H,17,21). The normalized spacial score (nSPS) is 11.8. The molecular formula is C15H19N5O3S2. The third-order valence-electron chi connectivity index (χ3n) is 3.22. The number of thioether (sulfide) groups is 1. The van der Waals surface area contributed by atoms with Gasteiger partial charge in [0.15, 0.2) is 4.34 Å². The van der Waals surface area contributed by atoms with E-state index in [1.165, 1.54) is 35.2 Å². The molecule has 1 amide bonds. The first-order valence-electron chi connectivity index (χ1n) is 7.79. The summed E-state index contributed by atoms with van der Waals surface area (Å²) in [6.07, 6.45) is 2.15. The van der Waals surface area contributed by atoms with Gasteiger partial charge in [0.05, 0.1) is 10.2 Å². The summed E-state index contributed by atoms with van der Waals surface area (Å²) >= 11 is 2.65. The SMILES string of the molecule is CCCCNc1nnc(SC(C)C(=O)Nc2ccccc2[N+](=O)[O-])s1. The van der Waals surface area contributed by atoms with Crippen LogP contribution in [0, 0.1) is 10.1 Å². The minimum absolute atomic E-state index is 0.133. The molecule has 0 spiro atoms. The van der Waals surface area contributed by atoms with Gasteiger partial charge in [-0.05, 0) is 19.4 Å². The molecule has 1 heterocycles. The molecule has 25 heavy (non-hydrogen) atoms. The van der Waals surface area contributed by atoms with Crippen LogP contribution in [0.1, 0.15) is 26.7 Å². The molecule has 8 nitrogen and oxygen atoms in total. The van der Waals surface area contributed by atoms with Crippen LogP contribution in [0.3, 0.4) is 0 Å². The highest BCUT2D eigenvalue weighted by atomic mass is 32.2. The van der Waals surface area contributed by atoms with Crippen molar-refractivity contribution in [2.75, 3.05) is 17.2 Å². The lowest BCUT2D eigenvalue weighted by Crippen LogP contribution is -2.22. The Hall–Kier alpha value is -2.20. The highest BCUT2D eigenvalue weighted by Crippen LogP contribution is 2.30. The van der Waals surface area contributed by atoms with E-state index >= 15 is 0 Å². The number of aromatic nitrogens is 2. The molecule has 0 fully saturated rings. The molecule has 1 aromatic carbocycles. The molecule has 2 aromatic rings. The number of nitrogens with zero attached hydrogens (tertiary/aromatic N) is 3. The second-order valence-corrected chi connectivity index (χ2v) is 7.74. The van der Waals surface area contributed by atoms with Gasteiger partial charge >= 0.3 is 0 Å². The van der Waals surface area contributed by atoms with Crippen LogP contribution in [0.2, 0.25) is 0 Å². The number of carbonyl (C=O) groups excluding carboxylic acids is 1. The molecule has 0 aliphatic carbocycles. The Morgan fingerprint density at radius 2 is 2.16 bits per heavy atom. The second-order valence-electron chi connectivity index (χ2n) is 5.18. The number of benzene rings is 1. The van der Waals surface area contributed by atoms with Crippen LogP contribution in [0.15, 0.2) is 28.6 Å². The second kappa shape index (κ2) is 9.33. The van der Waals surface area contributed by atoms with Crippen molar-refractivity contribution in [3.8, 4) is 0 Å². The van der Waals surface area contributed by atoms with Crippen molar-refractivity contribution in [3.05, 3.63) is 34.4 Å². The number of para-hydroxylation sites is 2. The minimum atomic E-state index is -0.521. The Morgan fingerprint density at radius 1 is 1.40 bits per heavy atom. The summed E-state index contributed by atoms with van der Waals surface area (Å²) in [6, 6.07) is 6.06.